The average Bonchev–Trinajstić information content (AvgIpc) is 2.78. The summed E-state index contributed by atoms with van der Waals surface area (Å²) in [4.78, 5) is 0.159. The van der Waals surface area contributed by atoms with Crippen molar-refractivity contribution in [2.45, 2.75) is 23.8 Å². The molecule has 3 nitrogen and oxygen atoms in total. The lowest BCUT2D eigenvalue weighted by Gasteiger charge is -2.22. The van der Waals surface area contributed by atoms with E-state index in [9.17, 15) is 12.8 Å². The van der Waals surface area contributed by atoms with Gasteiger partial charge < -0.3 is 0 Å². The molecule has 0 aromatic heterocycles. The van der Waals surface area contributed by atoms with Crippen LogP contribution >= 0.6 is 15.9 Å². The summed E-state index contributed by atoms with van der Waals surface area (Å²) in [5.74, 6) is -0.428. The fraction of sp³-hybridized carbons (Fsp3) is 0.455. The Morgan fingerprint density at radius 2 is 2.00 bits per heavy atom. The maximum atomic E-state index is 12.8. The second-order valence-corrected chi connectivity index (χ2v) is 6.56. The summed E-state index contributed by atoms with van der Waals surface area (Å²) in [6.45, 7) is 0.538. The van der Waals surface area contributed by atoms with Gasteiger partial charge in [-0.2, -0.15) is 4.31 Å². The van der Waals surface area contributed by atoms with Gasteiger partial charge in [0.05, 0.1) is 4.90 Å². The van der Waals surface area contributed by atoms with Gasteiger partial charge in [-0.1, -0.05) is 15.9 Å². The molecule has 0 aliphatic carbocycles. The zero-order valence-electron chi connectivity index (χ0n) is 9.14. The monoisotopic (exact) mass is 321 g/mol. The van der Waals surface area contributed by atoms with Gasteiger partial charge in [0.15, 0.2) is 0 Å². The highest BCUT2D eigenvalue weighted by Crippen LogP contribution is 2.26. The molecule has 0 radical (unpaired) electrons. The maximum Gasteiger partial charge on any atom is 0.243 e. The van der Waals surface area contributed by atoms with Crippen LogP contribution in [0.25, 0.3) is 0 Å². The summed E-state index contributed by atoms with van der Waals surface area (Å²) in [6, 6.07) is 4.98. The SMILES string of the molecule is O=S(=O)(c1ccc(F)cc1)N1CCC[C@H]1CBr. The molecule has 1 aromatic rings. The quantitative estimate of drug-likeness (QED) is 0.801. The van der Waals surface area contributed by atoms with Gasteiger partial charge in [0.2, 0.25) is 10.0 Å². The third-order valence-corrected chi connectivity index (χ3v) is 5.63. The molecule has 0 N–H and O–H groups in total. The molecule has 1 atom stereocenters. The first-order chi connectivity index (χ1) is 8.05. The fourth-order valence-corrected chi connectivity index (χ4v) is 4.58. The van der Waals surface area contributed by atoms with Crippen LogP contribution in [-0.4, -0.2) is 30.6 Å². The topological polar surface area (TPSA) is 37.4 Å². The van der Waals surface area contributed by atoms with E-state index >= 15 is 0 Å². The highest BCUT2D eigenvalue weighted by atomic mass is 79.9. The van der Waals surface area contributed by atoms with Gasteiger partial charge in [0, 0.05) is 17.9 Å². The van der Waals surface area contributed by atoms with Crippen molar-refractivity contribution >= 4 is 26.0 Å². The van der Waals surface area contributed by atoms with Crippen molar-refractivity contribution in [2.24, 2.45) is 0 Å². The van der Waals surface area contributed by atoms with E-state index in [-0.39, 0.29) is 10.9 Å². The van der Waals surface area contributed by atoms with Gasteiger partial charge in [0.25, 0.3) is 0 Å². The Morgan fingerprint density at radius 1 is 1.35 bits per heavy atom. The summed E-state index contributed by atoms with van der Waals surface area (Å²) in [5.41, 5.74) is 0. The number of nitrogens with zero attached hydrogens (tertiary/aromatic N) is 1. The number of hydrogen-bond acceptors (Lipinski definition) is 2. The van der Waals surface area contributed by atoms with E-state index in [0.29, 0.717) is 11.9 Å². The Morgan fingerprint density at radius 3 is 2.59 bits per heavy atom. The second kappa shape index (κ2) is 5.04. The zero-order chi connectivity index (χ0) is 12.5. The minimum absolute atomic E-state index is 0.00468. The molecule has 0 amide bonds. The summed E-state index contributed by atoms with van der Waals surface area (Å²) < 4.78 is 38.9. The van der Waals surface area contributed by atoms with Crippen LogP contribution < -0.4 is 0 Å². The van der Waals surface area contributed by atoms with Gasteiger partial charge in [-0.3, -0.25) is 0 Å². The summed E-state index contributed by atoms with van der Waals surface area (Å²) in [5, 5.41) is 0.632. The first-order valence-electron chi connectivity index (χ1n) is 5.39. The molecule has 0 unspecified atom stereocenters. The average molecular weight is 322 g/mol. The molecular weight excluding hydrogens is 309 g/mol. The largest absolute Gasteiger partial charge is 0.243 e. The lowest BCUT2D eigenvalue weighted by atomic mass is 10.3. The molecule has 94 valence electrons. The van der Waals surface area contributed by atoms with Crippen LogP contribution in [0.3, 0.4) is 0 Å². The Hall–Kier alpha value is -0.460. The van der Waals surface area contributed by atoms with E-state index in [2.05, 4.69) is 15.9 Å². The molecule has 6 heteroatoms. The van der Waals surface area contributed by atoms with Gasteiger partial charge in [-0.25, -0.2) is 12.8 Å². The van der Waals surface area contributed by atoms with E-state index in [1.54, 1.807) is 0 Å². The van der Waals surface area contributed by atoms with E-state index in [1.807, 2.05) is 0 Å². The second-order valence-electron chi connectivity index (χ2n) is 4.02. The fourth-order valence-electron chi connectivity index (χ4n) is 2.02. The Balaban J connectivity index is 2.33. The molecule has 0 saturated carbocycles. The number of alkyl halides is 1. The maximum absolute atomic E-state index is 12.8. The van der Waals surface area contributed by atoms with E-state index in [4.69, 9.17) is 0 Å². The van der Waals surface area contributed by atoms with Crippen molar-refractivity contribution in [3.63, 3.8) is 0 Å². The molecule has 1 heterocycles. The predicted octanol–water partition coefficient (Wildman–Crippen LogP) is 2.37. The smallest absolute Gasteiger partial charge is 0.207 e. The minimum Gasteiger partial charge on any atom is -0.207 e. The Labute approximate surface area is 109 Å². The van der Waals surface area contributed by atoms with Gasteiger partial charge in [-0.05, 0) is 37.1 Å². The first kappa shape index (κ1) is 13.0. The van der Waals surface area contributed by atoms with Crippen LogP contribution in [0, 0.1) is 5.82 Å². The van der Waals surface area contributed by atoms with E-state index in [0.717, 1.165) is 12.8 Å². The standard InChI is InChI=1S/C11H13BrFNO2S/c12-8-10-2-1-7-14(10)17(15,16)11-5-3-9(13)4-6-11/h3-6,10H,1-2,7-8H2/t10-/m0/s1. The molecule has 1 aromatic carbocycles. The number of halogens is 2. The third-order valence-electron chi connectivity index (χ3n) is 2.92. The number of benzene rings is 1. The molecular formula is C11H13BrFNO2S. The normalized spacial score (nSPS) is 21.9. The van der Waals surface area contributed by atoms with Crippen molar-refractivity contribution in [1.29, 1.82) is 0 Å². The minimum atomic E-state index is -3.48. The van der Waals surface area contributed by atoms with Crippen molar-refractivity contribution in [2.75, 3.05) is 11.9 Å². The number of hydrogen-bond donors (Lipinski definition) is 0. The summed E-state index contributed by atoms with van der Waals surface area (Å²) in [6.07, 6.45) is 1.74. The van der Waals surface area contributed by atoms with Gasteiger partial charge in [0.1, 0.15) is 5.82 Å². The van der Waals surface area contributed by atoms with Crippen LogP contribution in [0.4, 0.5) is 4.39 Å². The summed E-state index contributed by atoms with van der Waals surface area (Å²) in [7, 11) is -3.48. The van der Waals surface area contributed by atoms with Crippen molar-refractivity contribution in [3.05, 3.63) is 30.1 Å². The van der Waals surface area contributed by atoms with Gasteiger partial charge in [-0.15, -0.1) is 0 Å². The molecule has 0 spiro atoms. The first-order valence-corrected chi connectivity index (χ1v) is 7.95. The van der Waals surface area contributed by atoms with Crippen molar-refractivity contribution in [1.82, 2.24) is 4.31 Å². The molecule has 17 heavy (non-hydrogen) atoms. The Bertz CT molecular complexity index is 489. The van der Waals surface area contributed by atoms with Crippen LogP contribution in [0.2, 0.25) is 0 Å². The molecule has 0 bridgehead atoms. The van der Waals surface area contributed by atoms with E-state index in [1.165, 1.54) is 28.6 Å². The molecule has 1 aliphatic heterocycles. The van der Waals surface area contributed by atoms with Crippen LogP contribution in [0.5, 0.6) is 0 Å². The third kappa shape index (κ3) is 2.53. The number of rotatable bonds is 3. The van der Waals surface area contributed by atoms with Crippen LogP contribution in [0.1, 0.15) is 12.8 Å². The molecule has 2 rings (SSSR count). The highest BCUT2D eigenvalue weighted by molar-refractivity contribution is 9.09. The van der Waals surface area contributed by atoms with E-state index < -0.39 is 15.8 Å². The zero-order valence-corrected chi connectivity index (χ0v) is 11.5. The van der Waals surface area contributed by atoms with Crippen molar-refractivity contribution < 1.29 is 12.8 Å². The van der Waals surface area contributed by atoms with Crippen molar-refractivity contribution in [3.8, 4) is 0 Å². The lowest BCUT2D eigenvalue weighted by molar-refractivity contribution is 0.413. The lowest BCUT2D eigenvalue weighted by Crippen LogP contribution is -2.36. The Kier molecular flexibility index (Phi) is 3.85. The highest BCUT2D eigenvalue weighted by Gasteiger charge is 2.34. The molecule has 1 aliphatic rings. The van der Waals surface area contributed by atoms with Crippen LogP contribution in [-0.2, 0) is 10.0 Å². The van der Waals surface area contributed by atoms with Crippen LogP contribution in [0.15, 0.2) is 29.2 Å². The molecule has 1 saturated heterocycles. The molecule has 1 fully saturated rings. The van der Waals surface area contributed by atoms with Gasteiger partial charge >= 0.3 is 0 Å². The number of sulfonamides is 1. The summed E-state index contributed by atoms with van der Waals surface area (Å²) >= 11 is 3.33. The predicted molar refractivity (Wildman–Crippen MR) is 67.1 cm³/mol.